The molecule has 40 heavy (non-hydrogen) atoms. The number of halogens is 4. The first-order valence-electron chi connectivity index (χ1n) is 12.8. The van der Waals surface area contributed by atoms with E-state index in [-0.39, 0.29) is 12.2 Å². The molecule has 2 N–H and O–H groups in total. The van der Waals surface area contributed by atoms with Crippen molar-refractivity contribution in [2.24, 2.45) is 10.7 Å². The van der Waals surface area contributed by atoms with Gasteiger partial charge < -0.3 is 10.5 Å². The van der Waals surface area contributed by atoms with E-state index in [2.05, 4.69) is 10.2 Å². The first-order valence-corrected chi connectivity index (χ1v) is 13.1. The highest BCUT2D eigenvalue weighted by Crippen LogP contribution is 2.34. The van der Waals surface area contributed by atoms with Crippen LogP contribution in [-0.4, -0.2) is 52.4 Å². The van der Waals surface area contributed by atoms with E-state index >= 15 is 0 Å². The Kier molecular flexibility index (Phi) is 11.0. The molecule has 0 unspecified atom stereocenters. The number of methoxy groups -OCH3 is 1. The maximum atomic E-state index is 12.9. The number of aldehydes is 1. The molecule has 0 amide bonds. The zero-order valence-corrected chi connectivity index (χ0v) is 23.0. The van der Waals surface area contributed by atoms with Crippen molar-refractivity contribution in [3.8, 4) is 11.4 Å². The fourth-order valence-corrected chi connectivity index (χ4v) is 4.44. The number of ketones is 1. The minimum absolute atomic E-state index is 0.174. The topological polar surface area (TPSA) is 112 Å². The first-order chi connectivity index (χ1) is 19.1. The third-order valence-corrected chi connectivity index (χ3v) is 6.47. The molecule has 8 nitrogen and oxygen atoms in total. The molecule has 1 atom stereocenters. The number of carbonyl (C=O) groups is 2. The second kappa shape index (κ2) is 14.2. The minimum Gasteiger partial charge on any atom is -0.497 e. The summed E-state index contributed by atoms with van der Waals surface area (Å²) in [6.07, 6.45) is -0.979. The molecule has 1 aromatic heterocycles. The second-order valence-corrected chi connectivity index (χ2v) is 9.62. The average Bonchev–Trinajstić information content (AvgIpc) is 3.25. The van der Waals surface area contributed by atoms with E-state index in [1.54, 1.807) is 7.11 Å². The summed E-state index contributed by atoms with van der Waals surface area (Å²) in [5, 5.41) is 9.41. The maximum absolute atomic E-state index is 12.9. The summed E-state index contributed by atoms with van der Waals surface area (Å²) in [5.74, 6) is 2.31. The Morgan fingerprint density at radius 2 is 1.77 bits per heavy atom. The van der Waals surface area contributed by atoms with Crippen LogP contribution in [0.2, 0.25) is 5.02 Å². The summed E-state index contributed by atoms with van der Waals surface area (Å²) in [6, 6.07) is 13.0. The van der Waals surface area contributed by atoms with Crippen LogP contribution < -0.4 is 10.5 Å². The van der Waals surface area contributed by atoms with E-state index in [0.717, 1.165) is 59.8 Å². The van der Waals surface area contributed by atoms with Gasteiger partial charge in [-0.2, -0.15) is 13.2 Å². The van der Waals surface area contributed by atoms with Crippen molar-refractivity contribution < 1.29 is 27.5 Å². The van der Waals surface area contributed by atoms with Crippen LogP contribution in [0, 0.1) is 6.92 Å². The van der Waals surface area contributed by atoms with E-state index in [9.17, 15) is 18.0 Å². The molecule has 3 aromatic rings. The smallest absolute Gasteiger partial charge is 0.446 e. The van der Waals surface area contributed by atoms with E-state index in [1.165, 1.54) is 0 Å². The number of nitrogens with two attached hydrogens (primary N) is 1. The lowest BCUT2D eigenvalue weighted by molar-refractivity contribution is -0.156. The Hall–Kier alpha value is -3.57. The first kappa shape index (κ1) is 31.0. The Morgan fingerprint density at radius 3 is 2.40 bits per heavy atom. The number of alkyl halides is 3. The highest BCUT2D eigenvalue weighted by molar-refractivity contribution is 6.30. The SMILES string of the molecule is COc1ccc2c(c1)C(c1ccc(Cl)cc1)=N[C@@H](CC(=O)CCCCCCN)c1nnc(C)n1-2.O=CC(F)(F)F. The third kappa shape index (κ3) is 8.22. The van der Waals surface area contributed by atoms with Crippen molar-refractivity contribution in [3.05, 3.63) is 70.3 Å². The van der Waals surface area contributed by atoms with Crippen LogP contribution in [0.1, 0.15) is 67.3 Å². The van der Waals surface area contributed by atoms with Crippen LogP contribution in [0.5, 0.6) is 5.75 Å². The molecule has 0 saturated heterocycles. The van der Waals surface area contributed by atoms with Gasteiger partial charge in [0.2, 0.25) is 6.29 Å². The van der Waals surface area contributed by atoms with Gasteiger partial charge in [0.25, 0.3) is 0 Å². The fourth-order valence-electron chi connectivity index (χ4n) is 4.31. The lowest BCUT2D eigenvalue weighted by atomic mass is 9.99. The molecular weight excluding hydrogens is 547 g/mol. The van der Waals surface area contributed by atoms with Crippen molar-refractivity contribution >= 4 is 29.4 Å². The summed E-state index contributed by atoms with van der Waals surface area (Å²) in [6.45, 7) is 2.60. The zero-order chi connectivity index (χ0) is 29.3. The van der Waals surface area contributed by atoms with Crippen LogP contribution in [0.25, 0.3) is 5.69 Å². The number of hydrogen-bond donors (Lipinski definition) is 1. The van der Waals surface area contributed by atoms with Gasteiger partial charge in [-0.15, -0.1) is 10.2 Å². The number of hydrogen-bond acceptors (Lipinski definition) is 7. The Balaban J connectivity index is 0.000000663. The monoisotopic (exact) mass is 577 g/mol. The lowest BCUT2D eigenvalue weighted by Crippen LogP contribution is -2.11. The van der Waals surface area contributed by atoms with Crippen LogP contribution >= 0.6 is 11.6 Å². The molecule has 2 heterocycles. The molecule has 1 aliphatic heterocycles. The van der Waals surface area contributed by atoms with Crippen molar-refractivity contribution in [1.29, 1.82) is 0 Å². The number of Topliss-reactive ketones (excluding diaryl/α,β-unsaturated/α-hetero) is 1. The number of carbonyl (C=O) groups excluding carboxylic acids is 2. The number of nitrogens with zero attached hydrogens (tertiary/aromatic N) is 4. The van der Waals surface area contributed by atoms with Gasteiger partial charge in [0.1, 0.15) is 23.4 Å². The Morgan fingerprint density at radius 1 is 1.10 bits per heavy atom. The zero-order valence-electron chi connectivity index (χ0n) is 22.2. The van der Waals surface area contributed by atoms with Gasteiger partial charge >= 0.3 is 6.18 Å². The predicted octanol–water partition coefficient (Wildman–Crippen LogP) is 5.75. The third-order valence-electron chi connectivity index (χ3n) is 6.21. The standard InChI is InChI=1S/C26H30ClN5O2.C2HF3O/c1-17-30-31-26-23(15-20(33)7-5-3-4-6-14-28)29-25(18-8-10-19(27)11-9-18)22-16-21(34-2)12-13-24(22)32(17)26;3-2(4,5)1-6/h8-13,16,23H,3-7,14-15,28H2,1-2H3;1H/t23-;/m0./s1. The van der Waals surface area contributed by atoms with Gasteiger partial charge in [-0.05, 0) is 56.6 Å². The Bertz CT molecular complexity index is 1340. The minimum atomic E-state index is -4.64. The van der Waals surface area contributed by atoms with Gasteiger partial charge in [0, 0.05) is 29.0 Å². The van der Waals surface area contributed by atoms with E-state index < -0.39 is 18.5 Å². The summed E-state index contributed by atoms with van der Waals surface area (Å²) >= 11 is 6.15. The van der Waals surface area contributed by atoms with Crippen molar-refractivity contribution in [2.45, 2.75) is 57.7 Å². The van der Waals surface area contributed by atoms with Crippen LogP contribution in [0.3, 0.4) is 0 Å². The number of fused-ring (bicyclic) bond motifs is 3. The largest absolute Gasteiger partial charge is 0.497 e. The molecule has 4 rings (SSSR count). The van der Waals surface area contributed by atoms with Gasteiger partial charge in [-0.25, -0.2) is 0 Å². The lowest BCUT2D eigenvalue weighted by Gasteiger charge is -2.14. The molecule has 0 aliphatic carbocycles. The van der Waals surface area contributed by atoms with Gasteiger partial charge in [0.15, 0.2) is 5.82 Å². The molecule has 0 radical (unpaired) electrons. The molecule has 214 valence electrons. The molecule has 1 aliphatic rings. The number of unbranched alkanes of at least 4 members (excludes halogenated alkanes) is 3. The number of ether oxygens (including phenoxy) is 1. The predicted molar refractivity (Wildman–Crippen MR) is 146 cm³/mol. The summed E-state index contributed by atoms with van der Waals surface area (Å²) in [4.78, 5) is 26.7. The fraction of sp³-hybridized carbons (Fsp3) is 0.393. The highest BCUT2D eigenvalue weighted by atomic mass is 35.5. The number of rotatable bonds is 10. The van der Waals surface area contributed by atoms with Crippen molar-refractivity contribution in [2.75, 3.05) is 13.7 Å². The van der Waals surface area contributed by atoms with Gasteiger partial charge in [0.05, 0.1) is 18.5 Å². The highest BCUT2D eigenvalue weighted by Gasteiger charge is 2.30. The molecule has 0 fully saturated rings. The van der Waals surface area contributed by atoms with Crippen LogP contribution in [0.15, 0.2) is 47.5 Å². The molecule has 0 spiro atoms. The van der Waals surface area contributed by atoms with Gasteiger partial charge in [-0.3, -0.25) is 19.1 Å². The van der Waals surface area contributed by atoms with Crippen LogP contribution in [0.4, 0.5) is 13.2 Å². The normalized spacial score (nSPS) is 14.2. The van der Waals surface area contributed by atoms with E-state index in [0.29, 0.717) is 23.8 Å². The number of aliphatic imine (C=N–C) groups is 1. The summed E-state index contributed by atoms with van der Waals surface area (Å²) in [7, 11) is 1.64. The molecule has 12 heteroatoms. The molecular formula is C28H31ClF3N5O3. The molecule has 0 bridgehead atoms. The average molecular weight is 578 g/mol. The summed E-state index contributed by atoms with van der Waals surface area (Å²) < 4.78 is 38.8. The van der Waals surface area contributed by atoms with Crippen molar-refractivity contribution in [3.63, 3.8) is 0 Å². The van der Waals surface area contributed by atoms with Gasteiger partial charge in [-0.1, -0.05) is 36.6 Å². The maximum Gasteiger partial charge on any atom is 0.446 e. The second-order valence-electron chi connectivity index (χ2n) is 9.18. The number of aromatic nitrogens is 3. The molecule has 0 saturated carbocycles. The summed E-state index contributed by atoms with van der Waals surface area (Å²) in [5.41, 5.74) is 9.05. The Labute approximate surface area is 235 Å². The molecule has 2 aromatic carbocycles. The van der Waals surface area contributed by atoms with Crippen LogP contribution in [-0.2, 0) is 9.59 Å². The van der Waals surface area contributed by atoms with E-state index in [1.807, 2.05) is 54.0 Å². The quantitative estimate of drug-likeness (QED) is 0.243. The number of benzene rings is 2. The number of aryl methyl sites for hydroxylation is 1. The van der Waals surface area contributed by atoms with E-state index in [4.69, 9.17) is 31.9 Å². The van der Waals surface area contributed by atoms with Crippen molar-refractivity contribution in [1.82, 2.24) is 14.8 Å².